The maximum atomic E-state index is 13.1. The Hall–Kier alpha value is -2.25. The number of hydrogen-bond acceptors (Lipinski definition) is 6. The Morgan fingerprint density at radius 2 is 2.07 bits per heavy atom. The summed E-state index contributed by atoms with van der Waals surface area (Å²) in [6, 6.07) is 10.2. The first-order valence-corrected chi connectivity index (χ1v) is 10.5. The highest BCUT2D eigenvalue weighted by Crippen LogP contribution is 2.48. The topological polar surface area (TPSA) is 68.7 Å². The van der Waals surface area contributed by atoms with Crippen LogP contribution < -0.4 is 0 Å². The molecule has 0 saturated heterocycles. The van der Waals surface area contributed by atoms with Crippen molar-refractivity contribution in [2.45, 2.75) is 32.2 Å². The van der Waals surface area contributed by atoms with E-state index in [9.17, 15) is 9.59 Å². The predicted molar refractivity (Wildman–Crippen MR) is 107 cm³/mol. The second-order valence-electron chi connectivity index (χ2n) is 6.81. The molecule has 0 bridgehead atoms. The van der Waals surface area contributed by atoms with E-state index < -0.39 is 5.97 Å². The molecule has 1 amide bonds. The Morgan fingerprint density at radius 1 is 1.29 bits per heavy atom. The number of methoxy groups -OCH3 is 1. The highest BCUT2D eigenvalue weighted by atomic mass is 32.1. The number of aromatic nitrogens is 1. The Kier molecular flexibility index (Phi) is 7.17. The van der Waals surface area contributed by atoms with Crippen molar-refractivity contribution < 1.29 is 19.1 Å². The van der Waals surface area contributed by atoms with Gasteiger partial charge in [-0.05, 0) is 31.2 Å². The number of benzene rings is 1. The second-order valence-corrected chi connectivity index (χ2v) is 7.76. The molecule has 7 heteroatoms. The molecule has 1 aliphatic rings. The quantitative estimate of drug-likeness (QED) is 0.449. The molecule has 0 radical (unpaired) electrons. The Morgan fingerprint density at radius 3 is 2.79 bits per heavy atom. The van der Waals surface area contributed by atoms with Gasteiger partial charge in [-0.2, -0.15) is 0 Å². The van der Waals surface area contributed by atoms with Gasteiger partial charge in [0.05, 0.1) is 13.2 Å². The maximum Gasteiger partial charge on any atom is 0.357 e. The number of ether oxygens (including phenoxy) is 2. The summed E-state index contributed by atoms with van der Waals surface area (Å²) in [5.74, 6) is 0.0471. The van der Waals surface area contributed by atoms with E-state index in [1.807, 2.05) is 23.1 Å². The molecule has 28 heavy (non-hydrogen) atoms. The third-order valence-corrected chi connectivity index (χ3v) is 5.62. The molecule has 150 valence electrons. The van der Waals surface area contributed by atoms with E-state index in [2.05, 4.69) is 17.1 Å². The zero-order valence-corrected chi connectivity index (χ0v) is 17.1. The molecule has 1 aliphatic carbocycles. The lowest BCUT2D eigenvalue weighted by molar-refractivity contribution is -0.133. The minimum absolute atomic E-state index is 0.0226. The second kappa shape index (κ2) is 9.80. The van der Waals surface area contributed by atoms with Crippen LogP contribution in [0.2, 0.25) is 0 Å². The zero-order valence-electron chi connectivity index (χ0n) is 16.3. The Labute approximate surface area is 169 Å². The van der Waals surface area contributed by atoms with Crippen molar-refractivity contribution in [1.82, 2.24) is 9.88 Å². The zero-order chi connectivity index (χ0) is 19.9. The molecule has 0 spiro atoms. The van der Waals surface area contributed by atoms with E-state index in [0.717, 1.165) is 17.8 Å². The van der Waals surface area contributed by atoms with Crippen LogP contribution in [0.15, 0.2) is 35.7 Å². The van der Waals surface area contributed by atoms with Crippen molar-refractivity contribution >= 4 is 23.2 Å². The Bertz CT molecular complexity index is 793. The van der Waals surface area contributed by atoms with Crippen molar-refractivity contribution in [3.05, 3.63) is 52.0 Å². The normalized spacial score (nSPS) is 17.9. The van der Waals surface area contributed by atoms with Crippen LogP contribution in [0.25, 0.3) is 0 Å². The van der Waals surface area contributed by atoms with Gasteiger partial charge in [0.15, 0.2) is 5.69 Å². The molecule has 0 N–H and O–H groups in total. The van der Waals surface area contributed by atoms with E-state index in [4.69, 9.17) is 9.47 Å². The number of thiazole rings is 1. The molecular formula is C21H26N2O4S. The van der Waals surface area contributed by atoms with Crippen LogP contribution in [0.1, 0.15) is 46.7 Å². The predicted octanol–water partition coefficient (Wildman–Crippen LogP) is 3.49. The average Bonchev–Trinajstić information content (AvgIpc) is 3.38. The number of esters is 1. The fraction of sp³-hybridized carbons (Fsp3) is 0.476. The van der Waals surface area contributed by atoms with E-state index in [0.29, 0.717) is 37.9 Å². The highest BCUT2D eigenvalue weighted by molar-refractivity contribution is 7.09. The monoisotopic (exact) mass is 402 g/mol. The van der Waals surface area contributed by atoms with E-state index in [1.54, 1.807) is 19.4 Å². The number of rotatable bonds is 10. The van der Waals surface area contributed by atoms with Crippen molar-refractivity contribution in [1.29, 1.82) is 0 Å². The van der Waals surface area contributed by atoms with Crippen molar-refractivity contribution in [2.75, 3.05) is 26.9 Å². The van der Waals surface area contributed by atoms with E-state index in [1.165, 1.54) is 16.9 Å². The van der Waals surface area contributed by atoms with Crippen molar-refractivity contribution in [2.24, 2.45) is 5.92 Å². The fourth-order valence-electron chi connectivity index (χ4n) is 3.28. The lowest BCUT2D eigenvalue weighted by Gasteiger charge is -2.22. The van der Waals surface area contributed by atoms with Crippen LogP contribution in [0.4, 0.5) is 0 Å². The molecule has 3 rings (SSSR count). The summed E-state index contributed by atoms with van der Waals surface area (Å²) in [4.78, 5) is 31.1. The van der Waals surface area contributed by atoms with Crippen molar-refractivity contribution in [3.63, 3.8) is 0 Å². The van der Waals surface area contributed by atoms with Crippen LogP contribution >= 0.6 is 11.3 Å². The number of carbonyl (C=O) groups is 2. The molecular weight excluding hydrogens is 376 g/mol. The molecule has 2 aromatic rings. The summed E-state index contributed by atoms with van der Waals surface area (Å²) in [5, 5.41) is 2.43. The van der Waals surface area contributed by atoms with E-state index in [-0.39, 0.29) is 11.8 Å². The first-order valence-electron chi connectivity index (χ1n) is 9.58. The highest BCUT2D eigenvalue weighted by Gasteiger charge is 2.45. The largest absolute Gasteiger partial charge is 0.461 e. The molecule has 0 unspecified atom stereocenters. The van der Waals surface area contributed by atoms with Gasteiger partial charge in [-0.3, -0.25) is 4.79 Å². The third-order valence-electron chi connectivity index (χ3n) is 4.79. The van der Waals surface area contributed by atoms with Gasteiger partial charge in [0.2, 0.25) is 5.91 Å². The van der Waals surface area contributed by atoms with E-state index >= 15 is 0 Å². The lowest BCUT2D eigenvalue weighted by Crippen LogP contribution is -2.33. The summed E-state index contributed by atoms with van der Waals surface area (Å²) < 4.78 is 10.1. The summed E-state index contributed by atoms with van der Waals surface area (Å²) in [6.07, 6.45) is 1.65. The molecule has 1 heterocycles. The summed E-state index contributed by atoms with van der Waals surface area (Å²) in [5.41, 5.74) is 1.52. The van der Waals surface area contributed by atoms with Crippen LogP contribution in [0.5, 0.6) is 0 Å². The molecule has 2 atom stereocenters. The van der Waals surface area contributed by atoms with Crippen LogP contribution in [-0.4, -0.2) is 48.6 Å². The summed E-state index contributed by atoms with van der Waals surface area (Å²) in [7, 11) is 1.66. The molecule has 1 saturated carbocycles. The van der Waals surface area contributed by atoms with Gasteiger partial charge < -0.3 is 14.4 Å². The van der Waals surface area contributed by atoms with Crippen LogP contribution in [-0.2, 0) is 20.8 Å². The number of carbonyl (C=O) groups excluding carboxylic acids is 2. The molecule has 6 nitrogen and oxygen atoms in total. The SMILES string of the molecule is CCOC(=O)c1csc(CN(CCCOC)C(=O)[C@H]2C[C@H]2c2ccccc2)n1. The molecule has 1 aromatic carbocycles. The van der Waals surface area contributed by atoms with Crippen LogP contribution in [0.3, 0.4) is 0 Å². The van der Waals surface area contributed by atoms with Gasteiger partial charge in [-0.25, -0.2) is 9.78 Å². The Balaban J connectivity index is 1.65. The summed E-state index contributed by atoms with van der Waals surface area (Å²) in [6.45, 7) is 3.70. The number of hydrogen-bond donors (Lipinski definition) is 0. The number of nitrogens with zero attached hydrogens (tertiary/aromatic N) is 2. The van der Waals surface area contributed by atoms with Crippen LogP contribution in [0, 0.1) is 5.92 Å². The van der Waals surface area contributed by atoms with Crippen molar-refractivity contribution in [3.8, 4) is 0 Å². The standard InChI is InChI=1S/C21H26N2O4S/c1-3-27-21(25)18-14-28-19(22-18)13-23(10-7-11-26-2)20(24)17-12-16(17)15-8-5-4-6-9-15/h4-6,8-9,14,16-17H,3,7,10-13H2,1-2H3/t16-,17-/m0/s1. The van der Waals surface area contributed by atoms with Gasteiger partial charge in [-0.15, -0.1) is 11.3 Å². The smallest absolute Gasteiger partial charge is 0.357 e. The molecule has 0 aliphatic heterocycles. The first-order chi connectivity index (χ1) is 13.6. The van der Waals surface area contributed by atoms with Gasteiger partial charge >= 0.3 is 5.97 Å². The van der Waals surface area contributed by atoms with Gasteiger partial charge in [0, 0.05) is 31.6 Å². The lowest BCUT2D eigenvalue weighted by atomic mass is 10.1. The first kappa shape index (κ1) is 20.5. The number of amides is 1. The average molecular weight is 403 g/mol. The molecule has 1 fully saturated rings. The minimum Gasteiger partial charge on any atom is -0.461 e. The fourth-order valence-corrected chi connectivity index (χ4v) is 4.06. The maximum absolute atomic E-state index is 13.1. The van der Waals surface area contributed by atoms with Gasteiger partial charge in [0.25, 0.3) is 0 Å². The molecule has 1 aromatic heterocycles. The minimum atomic E-state index is -0.423. The third kappa shape index (κ3) is 5.17. The summed E-state index contributed by atoms with van der Waals surface area (Å²) >= 11 is 1.38. The van der Waals surface area contributed by atoms with Gasteiger partial charge in [0.1, 0.15) is 5.01 Å². The van der Waals surface area contributed by atoms with Gasteiger partial charge in [-0.1, -0.05) is 30.3 Å².